The van der Waals surface area contributed by atoms with Gasteiger partial charge >= 0.3 is 6.18 Å². The molecule has 2 aromatic rings. The number of likely N-dealkylation sites (tertiary alicyclic amines) is 1. The van der Waals surface area contributed by atoms with Crippen molar-refractivity contribution >= 4 is 5.71 Å². The molecule has 0 radical (unpaired) electrons. The fourth-order valence-electron chi connectivity index (χ4n) is 3.72. The monoisotopic (exact) mass is 363 g/mol. The van der Waals surface area contributed by atoms with E-state index in [0.717, 1.165) is 38.2 Å². The molecule has 1 aromatic heterocycles. The van der Waals surface area contributed by atoms with E-state index < -0.39 is 17.3 Å². The molecule has 1 fully saturated rings. The molecular weight excluding hydrogens is 343 g/mol. The summed E-state index contributed by atoms with van der Waals surface area (Å²) in [4.78, 5) is 8.04. The third-order valence-electron chi connectivity index (χ3n) is 5.19. The number of nitrogens with zero attached hydrogens (tertiary/aromatic N) is 3. The lowest BCUT2D eigenvalue weighted by Crippen LogP contribution is -2.33. The SMILES string of the molecule is Cn1cccc1CN1CCC2(CC(c3cccc(C(F)(F)F)c3)=NO2)C1. The first-order valence-electron chi connectivity index (χ1n) is 8.60. The van der Waals surface area contributed by atoms with E-state index in [1.165, 1.54) is 11.8 Å². The zero-order chi connectivity index (χ0) is 18.4. The average Bonchev–Trinajstić information content (AvgIpc) is 3.30. The van der Waals surface area contributed by atoms with E-state index in [2.05, 4.69) is 20.7 Å². The Hall–Kier alpha value is -2.28. The van der Waals surface area contributed by atoms with Gasteiger partial charge in [-0.05, 0) is 24.3 Å². The molecule has 1 spiro atoms. The number of alkyl halides is 3. The van der Waals surface area contributed by atoms with Crippen molar-refractivity contribution in [3.05, 3.63) is 59.4 Å². The Labute approximate surface area is 149 Å². The summed E-state index contributed by atoms with van der Waals surface area (Å²) in [7, 11) is 2.02. The number of hydrogen-bond acceptors (Lipinski definition) is 3. The van der Waals surface area contributed by atoms with Gasteiger partial charge < -0.3 is 9.40 Å². The number of benzene rings is 1. The molecule has 0 N–H and O–H groups in total. The summed E-state index contributed by atoms with van der Waals surface area (Å²) < 4.78 is 40.9. The molecule has 0 amide bonds. The Morgan fingerprint density at radius 3 is 2.81 bits per heavy atom. The van der Waals surface area contributed by atoms with Crippen molar-refractivity contribution in [1.29, 1.82) is 0 Å². The second kappa shape index (κ2) is 6.16. The number of aryl methyl sites for hydroxylation is 1. The first-order valence-corrected chi connectivity index (χ1v) is 8.60. The van der Waals surface area contributed by atoms with Crippen LogP contribution in [0.4, 0.5) is 13.2 Å². The standard InChI is InChI=1S/C19H20F3N3O/c1-24-8-3-6-16(24)12-25-9-7-18(13-25)11-17(23-26-18)14-4-2-5-15(10-14)19(20,21)22/h2-6,8,10H,7,9,11-13H2,1H3. The predicted molar refractivity (Wildman–Crippen MR) is 91.7 cm³/mol. The lowest BCUT2D eigenvalue weighted by atomic mass is 9.93. The van der Waals surface area contributed by atoms with Crippen molar-refractivity contribution in [2.24, 2.45) is 12.2 Å². The molecule has 3 heterocycles. The van der Waals surface area contributed by atoms with Gasteiger partial charge in [0.05, 0.1) is 11.3 Å². The highest BCUT2D eigenvalue weighted by molar-refractivity contribution is 6.01. The van der Waals surface area contributed by atoms with Crippen LogP contribution in [-0.4, -0.2) is 33.9 Å². The number of halogens is 3. The molecule has 2 aliphatic rings. The summed E-state index contributed by atoms with van der Waals surface area (Å²) >= 11 is 0. The maximum atomic E-state index is 12.9. The first-order chi connectivity index (χ1) is 12.3. The molecule has 1 atom stereocenters. The van der Waals surface area contributed by atoms with Gasteiger partial charge in [-0.1, -0.05) is 17.3 Å². The van der Waals surface area contributed by atoms with Gasteiger partial charge in [0.2, 0.25) is 0 Å². The summed E-state index contributed by atoms with van der Waals surface area (Å²) in [5.41, 5.74) is 1.22. The topological polar surface area (TPSA) is 29.8 Å². The van der Waals surface area contributed by atoms with Gasteiger partial charge in [-0.15, -0.1) is 0 Å². The largest absolute Gasteiger partial charge is 0.416 e. The van der Waals surface area contributed by atoms with Crippen molar-refractivity contribution in [2.45, 2.75) is 31.2 Å². The van der Waals surface area contributed by atoms with Crippen molar-refractivity contribution in [1.82, 2.24) is 9.47 Å². The fraction of sp³-hybridized carbons (Fsp3) is 0.421. The van der Waals surface area contributed by atoms with Gasteiger partial charge in [0, 0.05) is 57.0 Å². The Morgan fingerprint density at radius 1 is 1.23 bits per heavy atom. The minimum atomic E-state index is -4.35. The normalized spacial score (nSPS) is 23.5. The van der Waals surface area contributed by atoms with Crippen molar-refractivity contribution in [2.75, 3.05) is 13.1 Å². The predicted octanol–water partition coefficient (Wildman–Crippen LogP) is 3.81. The van der Waals surface area contributed by atoms with Crippen LogP contribution >= 0.6 is 0 Å². The molecule has 26 heavy (non-hydrogen) atoms. The van der Waals surface area contributed by atoms with Crippen LogP contribution in [0.1, 0.15) is 29.7 Å². The second-order valence-corrected chi connectivity index (χ2v) is 7.14. The lowest BCUT2D eigenvalue weighted by molar-refractivity contribution is -0.137. The minimum Gasteiger partial charge on any atom is -0.387 e. The quantitative estimate of drug-likeness (QED) is 0.830. The third-order valence-corrected chi connectivity index (χ3v) is 5.19. The number of rotatable bonds is 3. The van der Waals surface area contributed by atoms with Crippen LogP contribution in [-0.2, 0) is 24.6 Å². The number of oxime groups is 1. The van der Waals surface area contributed by atoms with E-state index in [-0.39, 0.29) is 0 Å². The van der Waals surface area contributed by atoms with Crippen LogP contribution in [0.25, 0.3) is 0 Å². The molecule has 1 aromatic carbocycles. The number of hydrogen-bond donors (Lipinski definition) is 0. The Kier molecular flexibility index (Phi) is 4.06. The van der Waals surface area contributed by atoms with Gasteiger partial charge in [-0.2, -0.15) is 13.2 Å². The fourth-order valence-corrected chi connectivity index (χ4v) is 3.72. The summed E-state index contributed by atoms with van der Waals surface area (Å²) in [6.07, 6.45) is -0.976. The summed E-state index contributed by atoms with van der Waals surface area (Å²) in [5, 5.41) is 4.13. The highest BCUT2D eigenvalue weighted by atomic mass is 19.4. The molecule has 0 saturated carbocycles. The van der Waals surface area contributed by atoms with E-state index in [1.807, 2.05) is 19.3 Å². The molecule has 138 valence electrons. The minimum absolute atomic E-state index is 0.422. The highest BCUT2D eigenvalue weighted by Gasteiger charge is 2.45. The van der Waals surface area contributed by atoms with Crippen LogP contribution in [0.5, 0.6) is 0 Å². The van der Waals surface area contributed by atoms with Crippen LogP contribution in [0, 0.1) is 0 Å². The molecule has 4 nitrogen and oxygen atoms in total. The van der Waals surface area contributed by atoms with E-state index in [1.54, 1.807) is 6.07 Å². The van der Waals surface area contributed by atoms with Crippen LogP contribution in [0.15, 0.2) is 47.8 Å². The Morgan fingerprint density at radius 2 is 2.08 bits per heavy atom. The molecular formula is C19H20F3N3O. The first kappa shape index (κ1) is 17.1. The number of aromatic nitrogens is 1. The molecule has 0 aliphatic carbocycles. The van der Waals surface area contributed by atoms with Gasteiger partial charge in [-0.25, -0.2) is 0 Å². The Balaban J connectivity index is 1.44. The maximum Gasteiger partial charge on any atom is 0.416 e. The van der Waals surface area contributed by atoms with Crippen molar-refractivity contribution in [3.63, 3.8) is 0 Å². The zero-order valence-electron chi connectivity index (χ0n) is 14.5. The molecule has 1 saturated heterocycles. The van der Waals surface area contributed by atoms with Gasteiger partial charge in [0.15, 0.2) is 5.60 Å². The molecule has 2 aliphatic heterocycles. The van der Waals surface area contributed by atoms with Crippen molar-refractivity contribution < 1.29 is 18.0 Å². The van der Waals surface area contributed by atoms with Crippen LogP contribution in [0.2, 0.25) is 0 Å². The summed E-state index contributed by atoms with van der Waals surface area (Å²) in [6, 6.07) is 9.41. The molecule has 7 heteroatoms. The van der Waals surface area contributed by atoms with Gasteiger partial charge in [0.1, 0.15) is 0 Å². The highest BCUT2D eigenvalue weighted by Crippen LogP contribution is 2.37. The average molecular weight is 363 g/mol. The Bertz CT molecular complexity index is 843. The summed E-state index contributed by atoms with van der Waals surface area (Å²) in [5.74, 6) is 0. The van der Waals surface area contributed by atoms with Crippen molar-refractivity contribution in [3.8, 4) is 0 Å². The molecule has 0 bridgehead atoms. The van der Waals surface area contributed by atoms with Gasteiger partial charge in [-0.3, -0.25) is 4.90 Å². The lowest BCUT2D eigenvalue weighted by Gasteiger charge is -2.22. The van der Waals surface area contributed by atoms with Gasteiger partial charge in [0.25, 0.3) is 0 Å². The van der Waals surface area contributed by atoms with E-state index in [0.29, 0.717) is 17.7 Å². The molecule has 4 rings (SSSR count). The summed E-state index contributed by atoms with van der Waals surface area (Å²) in [6.45, 7) is 2.44. The molecule has 1 unspecified atom stereocenters. The smallest absolute Gasteiger partial charge is 0.387 e. The van der Waals surface area contributed by atoms with Crippen LogP contribution in [0.3, 0.4) is 0 Å². The third kappa shape index (κ3) is 3.23. The zero-order valence-corrected chi connectivity index (χ0v) is 14.5. The van der Waals surface area contributed by atoms with E-state index in [9.17, 15) is 13.2 Å². The maximum absolute atomic E-state index is 12.9. The van der Waals surface area contributed by atoms with E-state index in [4.69, 9.17) is 4.84 Å². The van der Waals surface area contributed by atoms with E-state index >= 15 is 0 Å². The second-order valence-electron chi connectivity index (χ2n) is 7.14. The van der Waals surface area contributed by atoms with Crippen LogP contribution < -0.4 is 0 Å².